The topological polar surface area (TPSA) is 60.0 Å². The fourth-order valence-electron chi connectivity index (χ4n) is 5.99. The van der Waals surface area contributed by atoms with Gasteiger partial charge in [-0.1, -0.05) is 60.7 Å². The van der Waals surface area contributed by atoms with Gasteiger partial charge < -0.3 is 9.64 Å². The van der Waals surface area contributed by atoms with Crippen molar-refractivity contribution in [3.05, 3.63) is 130 Å². The van der Waals surface area contributed by atoms with Crippen LogP contribution in [0, 0.1) is 29.6 Å². The summed E-state index contributed by atoms with van der Waals surface area (Å²) < 4.78 is 5.43. The van der Waals surface area contributed by atoms with Crippen molar-refractivity contribution in [3.8, 4) is 17.9 Å². The Kier molecular flexibility index (Phi) is 7.46. The van der Waals surface area contributed by atoms with Crippen molar-refractivity contribution >= 4 is 40.0 Å². The molecule has 6 rings (SSSR count). The molecule has 0 N–H and O–H groups in total. The van der Waals surface area contributed by atoms with E-state index < -0.39 is 0 Å². The smallest absolute Gasteiger partial charge is 0.119 e. The zero-order valence-corrected chi connectivity index (χ0v) is 23.9. The molecule has 0 radical (unpaired) electrons. The quantitative estimate of drug-likeness (QED) is 0.199. The minimum absolute atomic E-state index is 0.580. The highest BCUT2D eigenvalue weighted by Gasteiger charge is 2.20. The van der Waals surface area contributed by atoms with Gasteiger partial charge in [0.05, 0.1) is 18.2 Å². The molecule has 4 heteroatoms. The molecule has 0 saturated heterocycles. The first-order valence-electron chi connectivity index (χ1n) is 14.3. The van der Waals surface area contributed by atoms with Crippen LogP contribution in [0.25, 0.3) is 22.9 Å². The van der Waals surface area contributed by atoms with Crippen molar-refractivity contribution in [2.24, 2.45) is 0 Å². The molecule has 0 heterocycles. The Labute approximate surface area is 247 Å². The Morgan fingerprint density at radius 1 is 0.714 bits per heavy atom. The van der Waals surface area contributed by atoms with Gasteiger partial charge in [-0.25, -0.2) is 0 Å². The highest BCUT2D eigenvalue weighted by atomic mass is 16.5. The summed E-state index contributed by atoms with van der Waals surface area (Å²) in [4.78, 5) is 2.34. The Balaban J connectivity index is 1.36. The summed E-state index contributed by atoms with van der Waals surface area (Å²) in [5.74, 6) is 0.832. The lowest BCUT2D eigenvalue weighted by Gasteiger charge is -2.30. The second-order valence-corrected chi connectivity index (χ2v) is 10.7. The average Bonchev–Trinajstić information content (AvgIpc) is 3.04. The molecule has 1 aliphatic rings. The fraction of sp³-hybridized carbons (Fsp3) is 0.158. The van der Waals surface area contributed by atoms with Crippen LogP contribution in [0.1, 0.15) is 51.8 Å². The first-order valence-corrected chi connectivity index (χ1v) is 14.3. The normalized spacial score (nSPS) is 12.5. The van der Waals surface area contributed by atoms with Gasteiger partial charge in [0.2, 0.25) is 0 Å². The van der Waals surface area contributed by atoms with Crippen LogP contribution < -0.4 is 9.64 Å². The second kappa shape index (κ2) is 11.7. The number of benzene rings is 5. The SMILES string of the molecule is COc1ccc(N(c2ccc(/C=C/c3ccc4c(C#N)c(C)ccc4c3C#N)cc2)c2cccc3c2CCCC3)cc1. The Hall–Kier alpha value is -5.32. The molecule has 0 fully saturated rings. The van der Waals surface area contributed by atoms with Gasteiger partial charge in [0.15, 0.2) is 0 Å². The fourth-order valence-corrected chi connectivity index (χ4v) is 5.99. The predicted molar refractivity (Wildman–Crippen MR) is 171 cm³/mol. The molecule has 4 nitrogen and oxygen atoms in total. The van der Waals surface area contributed by atoms with E-state index >= 15 is 0 Å². The van der Waals surface area contributed by atoms with Crippen LogP contribution in [0.2, 0.25) is 0 Å². The number of anilines is 3. The maximum absolute atomic E-state index is 10.00. The molecular weight excluding hydrogens is 514 g/mol. The van der Waals surface area contributed by atoms with E-state index in [2.05, 4.69) is 71.6 Å². The van der Waals surface area contributed by atoms with Gasteiger partial charge in [-0.2, -0.15) is 10.5 Å². The third kappa shape index (κ3) is 5.00. The number of nitrogens with zero attached hydrogens (tertiary/aromatic N) is 3. The number of hydrogen-bond acceptors (Lipinski definition) is 4. The lowest BCUT2D eigenvalue weighted by Crippen LogP contribution is -2.15. The van der Waals surface area contributed by atoms with Gasteiger partial charge in [-0.15, -0.1) is 0 Å². The van der Waals surface area contributed by atoms with E-state index in [0.717, 1.165) is 57.4 Å². The lowest BCUT2D eigenvalue weighted by atomic mass is 9.90. The van der Waals surface area contributed by atoms with E-state index in [0.29, 0.717) is 11.1 Å². The summed E-state index contributed by atoms with van der Waals surface area (Å²) in [6.07, 6.45) is 8.67. The summed E-state index contributed by atoms with van der Waals surface area (Å²) in [7, 11) is 1.69. The number of aryl methyl sites for hydroxylation is 2. The minimum atomic E-state index is 0.580. The first kappa shape index (κ1) is 26.9. The van der Waals surface area contributed by atoms with E-state index in [4.69, 9.17) is 4.74 Å². The maximum Gasteiger partial charge on any atom is 0.119 e. The standard InChI is InChI=1S/C38H31N3O/c1-26-10-22-35-34(36(26)24-39)23-15-29(37(35)25-40)14-11-27-12-16-30(17-13-27)41(31-18-20-32(42-2)21-19-31)38-9-5-7-28-6-3-4-8-33(28)38/h5,7,9-23H,3-4,6,8H2,1-2H3/b14-11+. The van der Waals surface area contributed by atoms with E-state index in [-0.39, 0.29) is 0 Å². The van der Waals surface area contributed by atoms with Gasteiger partial charge in [0, 0.05) is 27.8 Å². The van der Waals surface area contributed by atoms with Crippen LogP contribution in [-0.4, -0.2) is 7.11 Å². The predicted octanol–water partition coefficient (Wildman–Crippen LogP) is 9.42. The maximum atomic E-state index is 10.00. The number of ether oxygens (including phenoxy) is 1. The lowest BCUT2D eigenvalue weighted by molar-refractivity contribution is 0.415. The Morgan fingerprint density at radius 2 is 1.38 bits per heavy atom. The molecule has 0 atom stereocenters. The molecule has 0 unspecified atom stereocenters. The van der Waals surface area contributed by atoms with E-state index in [9.17, 15) is 10.5 Å². The number of rotatable bonds is 6. The van der Waals surface area contributed by atoms with Gasteiger partial charge in [-0.3, -0.25) is 0 Å². The van der Waals surface area contributed by atoms with E-state index in [1.807, 2.05) is 55.5 Å². The van der Waals surface area contributed by atoms with Gasteiger partial charge in [0.25, 0.3) is 0 Å². The summed E-state index contributed by atoms with van der Waals surface area (Å²) >= 11 is 0. The van der Waals surface area contributed by atoms with Crippen LogP contribution >= 0.6 is 0 Å². The van der Waals surface area contributed by atoms with Crippen molar-refractivity contribution in [3.63, 3.8) is 0 Å². The van der Waals surface area contributed by atoms with Crippen LogP contribution in [0.4, 0.5) is 17.1 Å². The molecule has 5 aromatic carbocycles. The molecule has 0 aromatic heterocycles. The second-order valence-electron chi connectivity index (χ2n) is 10.7. The third-order valence-electron chi connectivity index (χ3n) is 8.21. The third-order valence-corrected chi connectivity index (χ3v) is 8.21. The van der Waals surface area contributed by atoms with Crippen molar-refractivity contribution in [2.75, 3.05) is 12.0 Å². The van der Waals surface area contributed by atoms with Crippen molar-refractivity contribution in [2.45, 2.75) is 32.6 Å². The summed E-state index contributed by atoms with van der Waals surface area (Å²) in [5, 5.41) is 21.3. The van der Waals surface area contributed by atoms with E-state index in [1.165, 1.54) is 29.7 Å². The summed E-state index contributed by atoms with van der Waals surface area (Å²) in [5.41, 5.74) is 10.2. The van der Waals surface area contributed by atoms with E-state index in [1.54, 1.807) is 7.11 Å². The molecular formula is C38H31N3O. The number of methoxy groups -OCH3 is 1. The van der Waals surface area contributed by atoms with Gasteiger partial charge in [0.1, 0.15) is 17.9 Å². The van der Waals surface area contributed by atoms with Crippen molar-refractivity contribution in [1.29, 1.82) is 10.5 Å². The molecule has 204 valence electrons. The number of fused-ring (bicyclic) bond motifs is 2. The number of nitriles is 2. The van der Waals surface area contributed by atoms with Crippen molar-refractivity contribution < 1.29 is 4.74 Å². The number of hydrogen-bond donors (Lipinski definition) is 0. The van der Waals surface area contributed by atoms with Gasteiger partial charge in [-0.05, 0) is 103 Å². The van der Waals surface area contributed by atoms with Crippen LogP contribution in [0.5, 0.6) is 5.75 Å². The molecule has 0 aliphatic heterocycles. The molecule has 0 saturated carbocycles. The largest absolute Gasteiger partial charge is 0.497 e. The minimum Gasteiger partial charge on any atom is -0.497 e. The van der Waals surface area contributed by atoms with Crippen LogP contribution in [-0.2, 0) is 12.8 Å². The molecule has 42 heavy (non-hydrogen) atoms. The molecule has 0 spiro atoms. The average molecular weight is 546 g/mol. The zero-order chi connectivity index (χ0) is 29.1. The molecule has 0 amide bonds. The van der Waals surface area contributed by atoms with Crippen molar-refractivity contribution in [1.82, 2.24) is 0 Å². The monoisotopic (exact) mass is 545 g/mol. The highest BCUT2D eigenvalue weighted by Crippen LogP contribution is 2.40. The Morgan fingerprint density at radius 3 is 2.10 bits per heavy atom. The Bertz CT molecular complexity index is 1890. The first-order chi connectivity index (χ1) is 20.6. The zero-order valence-electron chi connectivity index (χ0n) is 23.9. The summed E-state index contributed by atoms with van der Waals surface area (Å²) in [6, 6.07) is 35.8. The highest BCUT2D eigenvalue weighted by molar-refractivity contribution is 5.96. The van der Waals surface area contributed by atoms with Gasteiger partial charge >= 0.3 is 0 Å². The molecule has 1 aliphatic carbocycles. The molecule has 0 bridgehead atoms. The summed E-state index contributed by atoms with van der Waals surface area (Å²) in [6.45, 7) is 1.92. The van der Waals surface area contributed by atoms with Crippen LogP contribution in [0.15, 0.2) is 91.0 Å². The molecule has 5 aromatic rings. The van der Waals surface area contributed by atoms with Crippen LogP contribution in [0.3, 0.4) is 0 Å².